The molecular formula is C28H24F2N4O5. The zero-order chi connectivity index (χ0) is 27.8. The number of rotatable bonds is 8. The van der Waals surface area contributed by atoms with Crippen LogP contribution < -0.4 is 9.47 Å². The maximum Gasteiger partial charge on any atom is 0.354 e. The fourth-order valence-electron chi connectivity index (χ4n) is 4.57. The van der Waals surface area contributed by atoms with E-state index < -0.39 is 17.6 Å². The summed E-state index contributed by atoms with van der Waals surface area (Å²) in [7, 11) is 0. The monoisotopic (exact) mass is 534 g/mol. The van der Waals surface area contributed by atoms with E-state index in [0.29, 0.717) is 39.2 Å². The van der Waals surface area contributed by atoms with E-state index in [2.05, 4.69) is 15.1 Å². The van der Waals surface area contributed by atoms with Crippen LogP contribution in [0.1, 0.15) is 35.8 Å². The molecular weight excluding hydrogens is 510 g/mol. The third kappa shape index (κ3) is 4.56. The van der Waals surface area contributed by atoms with E-state index >= 15 is 0 Å². The zero-order valence-electron chi connectivity index (χ0n) is 21.6. The summed E-state index contributed by atoms with van der Waals surface area (Å²) in [5.74, 6) is -1.91. The molecule has 0 radical (unpaired) electrons. The second kappa shape index (κ2) is 10.2. The molecule has 0 bridgehead atoms. The minimum atomic E-state index is -1.25. The first-order valence-corrected chi connectivity index (χ1v) is 12.2. The van der Waals surface area contributed by atoms with Crippen molar-refractivity contribution in [2.24, 2.45) is 0 Å². The van der Waals surface area contributed by atoms with Crippen LogP contribution in [0.3, 0.4) is 0 Å². The van der Waals surface area contributed by atoms with Crippen LogP contribution in [0.15, 0.2) is 47.2 Å². The number of hydrogen-bond acceptors (Lipinski definition) is 7. The van der Waals surface area contributed by atoms with E-state index in [1.165, 1.54) is 16.7 Å². The summed E-state index contributed by atoms with van der Waals surface area (Å²) < 4.78 is 47.2. The van der Waals surface area contributed by atoms with Crippen LogP contribution in [0.5, 0.6) is 11.6 Å². The van der Waals surface area contributed by atoms with Gasteiger partial charge >= 0.3 is 5.97 Å². The largest absolute Gasteiger partial charge is 0.493 e. The number of halogens is 2. The molecule has 1 N–H and O–H groups in total. The molecule has 0 fully saturated rings. The van der Waals surface area contributed by atoms with Gasteiger partial charge in [0.25, 0.3) is 0 Å². The summed E-state index contributed by atoms with van der Waals surface area (Å²) in [6.07, 6.45) is 3.24. The molecule has 0 spiro atoms. The summed E-state index contributed by atoms with van der Waals surface area (Å²) in [4.78, 5) is 20.7. The van der Waals surface area contributed by atoms with Gasteiger partial charge in [0.2, 0.25) is 5.88 Å². The summed E-state index contributed by atoms with van der Waals surface area (Å²) >= 11 is 0. The van der Waals surface area contributed by atoms with Gasteiger partial charge in [-0.25, -0.2) is 23.5 Å². The number of carboxylic acid groups (broad SMARTS) is 1. The highest BCUT2D eigenvalue weighted by atomic mass is 19.1. The highest BCUT2D eigenvalue weighted by Crippen LogP contribution is 2.44. The molecule has 0 amide bonds. The van der Waals surface area contributed by atoms with Gasteiger partial charge in [0, 0.05) is 46.6 Å². The number of carbonyl (C=O) groups is 1. The number of aromatic nitrogens is 4. The lowest BCUT2D eigenvalue weighted by Gasteiger charge is -2.15. The number of benzene rings is 1. The van der Waals surface area contributed by atoms with Gasteiger partial charge in [-0.2, -0.15) is 0 Å². The molecule has 4 aromatic heterocycles. The third-order valence-electron chi connectivity index (χ3n) is 6.15. The SMILES string of the molecule is CCOc1cc(C(=O)O)nc(OCC)c1-c1cn(-c2ccc(F)cc2F)c2ncc(-c3c(C)noc3C)cc12. The Hall–Kier alpha value is -4.80. The topological polar surface area (TPSA) is 113 Å². The van der Waals surface area contributed by atoms with Crippen LogP contribution in [-0.4, -0.2) is 44.0 Å². The number of carboxylic acids is 1. The molecule has 5 aromatic rings. The fraction of sp³-hybridized carbons (Fsp3) is 0.214. The molecule has 5 rings (SSSR count). The molecule has 1 aromatic carbocycles. The van der Waals surface area contributed by atoms with Gasteiger partial charge in [-0.1, -0.05) is 5.16 Å². The number of aromatic carboxylic acids is 1. The molecule has 200 valence electrons. The number of fused-ring (bicyclic) bond motifs is 1. The van der Waals surface area contributed by atoms with Gasteiger partial charge in [-0.15, -0.1) is 0 Å². The number of ether oxygens (including phenoxy) is 2. The molecule has 0 atom stereocenters. The molecule has 11 heteroatoms. The van der Waals surface area contributed by atoms with Crippen molar-refractivity contribution in [3.05, 3.63) is 71.5 Å². The van der Waals surface area contributed by atoms with E-state index in [0.717, 1.165) is 17.7 Å². The first-order chi connectivity index (χ1) is 18.7. The third-order valence-corrected chi connectivity index (χ3v) is 6.15. The minimum Gasteiger partial charge on any atom is -0.493 e. The van der Waals surface area contributed by atoms with Gasteiger partial charge in [0.05, 0.1) is 30.2 Å². The number of nitrogens with zero attached hydrogens (tertiary/aromatic N) is 4. The van der Waals surface area contributed by atoms with Crippen molar-refractivity contribution in [1.29, 1.82) is 0 Å². The van der Waals surface area contributed by atoms with Crippen molar-refractivity contribution < 1.29 is 32.7 Å². The first-order valence-electron chi connectivity index (χ1n) is 12.2. The number of hydrogen-bond donors (Lipinski definition) is 1. The lowest BCUT2D eigenvalue weighted by Crippen LogP contribution is -2.07. The van der Waals surface area contributed by atoms with Crippen LogP contribution in [0, 0.1) is 25.5 Å². The summed E-state index contributed by atoms with van der Waals surface area (Å²) in [6, 6.07) is 6.42. The van der Waals surface area contributed by atoms with E-state index in [1.54, 1.807) is 33.2 Å². The predicted octanol–water partition coefficient (Wildman–Crippen LogP) is 6.13. The van der Waals surface area contributed by atoms with Crippen molar-refractivity contribution in [3.63, 3.8) is 0 Å². The highest BCUT2D eigenvalue weighted by Gasteiger charge is 2.26. The molecule has 0 unspecified atom stereocenters. The quantitative estimate of drug-likeness (QED) is 0.253. The Bertz CT molecular complexity index is 1680. The molecule has 0 saturated carbocycles. The average molecular weight is 535 g/mol. The smallest absolute Gasteiger partial charge is 0.354 e. The number of pyridine rings is 2. The van der Waals surface area contributed by atoms with Gasteiger partial charge in [0.15, 0.2) is 5.69 Å². The van der Waals surface area contributed by atoms with Gasteiger partial charge in [0.1, 0.15) is 28.8 Å². The Morgan fingerprint density at radius 3 is 2.49 bits per heavy atom. The maximum atomic E-state index is 15.0. The molecule has 0 aliphatic heterocycles. The lowest BCUT2D eigenvalue weighted by molar-refractivity contribution is 0.0688. The molecule has 9 nitrogen and oxygen atoms in total. The summed E-state index contributed by atoms with van der Waals surface area (Å²) in [5, 5.41) is 14.2. The normalized spacial score (nSPS) is 11.2. The van der Waals surface area contributed by atoms with Crippen molar-refractivity contribution >= 4 is 17.0 Å². The maximum absolute atomic E-state index is 15.0. The van der Waals surface area contributed by atoms with Crippen LogP contribution >= 0.6 is 0 Å². The Morgan fingerprint density at radius 2 is 1.85 bits per heavy atom. The Balaban J connectivity index is 1.88. The molecule has 4 heterocycles. The first kappa shape index (κ1) is 25.8. The Labute approximate surface area is 221 Å². The second-order valence-corrected chi connectivity index (χ2v) is 8.66. The highest BCUT2D eigenvalue weighted by molar-refractivity contribution is 6.01. The molecule has 0 aliphatic rings. The predicted molar refractivity (Wildman–Crippen MR) is 138 cm³/mol. The second-order valence-electron chi connectivity index (χ2n) is 8.66. The average Bonchev–Trinajstić information content (AvgIpc) is 3.43. The Morgan fingerprint density at radius 1 is 1.08 bits per heavy atom. The van der Waals surface area contributed by atoms with E-state index in [9.17, 15) is 18.7 Å². The van der Waals surface area contributed by atoms with Crippen LogP contribution in [0.4, 0.5) is 8.78 Å². The Kier molecular flexibility index (Phi) is 6.73. The van der Waals surface area contributed by atoms with Crippen LogP contribution in [0.25, 0.3) is 39.0 Å². The minimum absolute atomic E-state index is 0.0298. The standard InChI is InChI=1S/C28H24F2N4O5/c1-5-37-23-11-21(28(35)36)32-27(38-6-2)25(23)19-13-34(22-8-7-17(29)10-20(22)30)26-18(19)9-16(12-31-26)24-14(3)33-39-15(24)4/h7-13H,5-6H2,1-4H3,(H,35,36). The van der Waals surface area contributed by atoms with Crippen molar-refractivity contribution in [2.75, 3.05) is 13.2 Å². The fourth-order valence-corrected chi connectivity index (χ4v) is 4.57. The van der Waals surface area contributed by atoms with E-state index in [4.69, 9.17) is 14.0 Å². The molecule has 39 heavy (non-hydrogen) atoms. The van der Waals surface area contributed by atoms with Gasteiger partial charge in [-0.05, 0) is 45.9 Å². The van der Waals surface area contributed by atoms with Crippen LogP contribution in [0.2, 0.25) is 0 Å². The summed E-state index contributed by atoms with van der Waals surface area (Å²) in [5.41, 5.74) is 3.15. The molecule has 0 saturated heterocycles. The summed E-state index contributed by atoms with van der Waals surface area (Å²) in [6.45, 7) is 7.53. The van der Waals surface area contributed by atoms with E-state index in [-0.39, 0.29) is 36.2 Å². The van der Waals surface area contributed by atoms with Crippen molar-refractivity contribution in [2.45, 2.75) is 27.7 Å². The van der Waals surface area contributed by atoms with E-state index in [1.807, 2.05) is 13.0 Å². The van der Waals surface area contributed by atoms with Crippen molar-refractivity contribution in [3.8, 4) is 39.6 Å². The zero-order valence-corrected chi connectivity index (χ0v) is 21.6. The molecule has 0 aliphatic carbocycles. The number of aryl methyl sites for hydroxylation is 2. The van der Waals surface area contributed by atoms with Gasteiger partial charge < -0.3 is 19.1 Å². The van der Waals surface area contributed by atoms with Crippen LogP contribution in [-0.2, 0) is 0 Å². The van der Waals surface area contributed by atoms with Gasteiger partial charge in [-0.3, -0.25) is 4.57 Å². The van der Waals surface area contributed by atoms with Crippen molar-refractivity contribution in [1.82, 2.24) is 19.7 Å². The lowest BCUT2D eigenvalue weighted by atomic mass is 10.0.